The van der Waals surface area contributed by atoms with E-state index in [0.717, 1.165) is 16.9 Å². The number of nitrogens with one attached hydrogen (secondary N) is 1. The summed E-state index contributed by atoms with van der Waals surface area (Å²) in [6.45, 7) is 1.89. The molecule has 0 radical (unpaired) electrons. The van der Waals surface area contributed by atoms with Crippen LogP contribution in [0.1, 0.15) is 11.4 Å². The van der Waals surface area contributed by atoms with Gasteiger partial charge in [-0.1, -0.05) is 0 Å². The molecule has 4 heteroatoms. The summed E-state index contributed by atoms with van der Waals surface area (Å²) in [7, 11) is 0. The highest BCUT2D eigenvalue weighted by molar-refractivity contribution is 5.70. The van der Waals surface area contributed by atoms with Gasteiger partial charge in [-0.2, -0.15) is 0 Å². The van der Waals surface area contributed by atoms with Gasteiger partial charge in [0.2, 0.25) is 0 Å². The second-order valence-corrected chi connectivity index (χ2v) is 2.70. The minimum absolute atomic E-state index is 0.0149. The molecule has 0 fully saturated rings. The van der Waals surface area contributed by atoms with Crippen molar-refractivity contribution in [2.45, 2.75) is 13.5 Å². The molecule has 0 atom stereocenters. The van der Waals surface area contributed by atoms with E-state index in [1.54, 1.807) is 6.20 Å². The summed E-state index contributed by atoms with van der Waals surface area (Å²) in [5.74, 6) is 0.840. The van der Waals surface area contributed by atoms with Gasteiger partial charge in [-0.15, -0.1) is 0 Å². The van der Waals surface area contributed by atoms with Crippen molar-refractivity contribution in [1.29, 1.82) is 0 Å². The van der Waals surface area contributed by atoms with Crippen molar-refractivity contribution in [3.63, 3.8) is 0 Å². The zero-order chi connectivity index (χ0) is 8.55. The van der Waals surface area contributed by atoms with Crippen molar-refractivity contribution in [3.05, 3.63) is 23.7 Å². The topological polar surface area (TPSA) is 61.8 Å². The summed E-state index contributed by atoms with van der Waals surface area (Å²) < 4.78 is 0. The largest absolute Gasteiger partial charge is 0.392 e. The third-order valence-electron chi connectivity index (χ3n) is 1.70. The highest BCUT2D eigenvalue weighted by Crippen LogP contribution is 2.09. The van der Waals surface area contributed by atoms with E-state index in [4.69, 9.17) is 5.11 Å². The molecular weight excluding hydrogens is 154 g/mol. The van der Waals surface area contributed by atoms with E-state index in [2.05, 4.69) is 15.0 Å². The number of H-pyrrole nitrogens is 1. The summed E-state index contributed by atoms with van der Waals surface area (Å²) in [5.41, 5.74) is 2.37. The quantitative estimate of drug-likeness (QED) is 0.652. The van der Waals surface area contributed by atoms with Gasteiger partial charge in [0.15, 0.2) is 5.65 Å². The molecular formula is C8H9N3O. The maximum atomic E-state index is 8.83. The predicted octanol–water partition coefficient (Wildman–Crippen LogP) is 0.759. The summed E-state index contributed by atoms with van der Waals surface area (Å²) in [6.07, 6.45) is 1.63. The Hall–Kier alpha value is -1.42. The average Bonchev–Trinajstić information content (AvgIpc) is 2.43. The Morgan fingerprint density at radius 3 is 3.17 bits per heavy atom. The SMILES string of the molecule is Cc1nc2ncc(CO)cc2[nH]1. The fourth-order valence-corrected chi connectivity index (χ4v) is 1.15. The van der Waals surface area contributed by atoms with Crippen LogP contribution in [-0.4, -0.2) is 20.1 Å². The van der Waals surface area contributed by atoms with E-state index in [1.165, 1.54) is 0 Å². The van der Waals surface area contributed by atoms with Crippen LogP contribution < -0.4 is 0 Å². The number of aromatic nitrogens is 3. The van der Waals surface area contributed by atoms with Gasteiger partial charge in [0.05, 0.1) is 12.1 Å². The lowest BCUT2D eigenvalue weighted by Crippen LogP contribution is -1.85. The Bertz CT molecular complexity index is 408. The fourth-order valence-electron chi connectivity index (χ4n) is 1.15. The van der Waals surface area contributed by atoms with Crippen molar-refractivity contribution >= 4 is 11.2 Å². The van der Waals surface area contributed by atoms with E-state index in [1.807, 2.05) is 13.0 Å². The third-order valence-corrected chi connectivity index (χ3v) is 1.70. The van der Waals surface area contributed by atoms with Crippen LogP contribution in [0.4, 0.5) is 0 Å². The van der Waals surface area contributed by atoms with Crippen molar-refractivity contribution < 1.29 is 5.11 Å². The molecule has 0 amide bonds. The fraction of sp³-hybridized carbons (Fsp3) is 0.250. The van der Waals surface area contributed by atoms with Gasteiger partial charge in [-0.05, 0) is 18.6 Å². The number of rotatable bonds is 1. The zero-order valence-electron chi connectivity index (χ0n) is 6.70. The number of aromatic amines is 1. The standard InChI is InChI=1S/C8H9N3O/c1-5-10-7-2-6(4-12)3-9-8(7)11-5/h2-3,12H,4H2,1H3,(H,9,10,11). The number of nitrogens with zero attached hydrogens (tertiary/aromatic N) is 2. The van der Waals surface area contributed by atoms with Crippen LogP contribution >= 0.6 is 0 Å². The molecule has 0 aromatic carbocycles. The van der Waals surface area contributed by atoms with Crippen LogP contribution in [0.15, 0.2) is 12.3 Å². The molecule has 0 spiro atoms. The maximum absolute atomic E-state index is 8.83. The molecule has 0 aliphatic rings. The number of aliphatic hydroxyl groups is 1. The smallest absolute Gasteiger partial charge is 0.177 e. The number of pyridine rings is 1. The molecule has 2 N–H and O–H groups in total. The van der Waals surface area contributed by atoms with Crippen molar-refractivity contribution in [3.8, 4) is 0 Å². The van der Waals surface area contributed by atoms with Gasteiger partial charge in [0.25, 0.3) is 0 Å². The summed E-state index contributed by atoms with van der Waals surface area (Å²) in [5, 5.41) is 8.83. The van der Waals surface area contributed by atoms with Gasteiger partial charge in [0.1, 0.15) is 5.82 Å². The van der Waals surface area contributed by atoms with Gasteiger partial charge in [0, 0.05) is 6.20 Å². The Kier molecular flexibility index (Phi) is 1.55. The molecule has 0 saturated carbocycles. The maximum Gasteiger partial charge on any atom is 0.177 e. The van der Waals surface area contributed by atoms with Crippen molar-refractivity contribution in [2.75, 3.05) is 0 Å². The lowest BCUT2D eigenvalue weighted by atomic mass is 10.3. The van der Waals surface area contributed by atoms with Gasteiger partial charge in [-0.25, -0.2) is 9.97 Å². The van der Waals surface area contributed by atoms with Gasteiger partial charge >= 0.3 is 0 Å². The Morgan fingerprint density at radius 2 is 2.42 bits per heavy atom. The second-order valence-electron chi connectivity index (χ2n) is 2.70. The monoisotopic (exact) mass is 163 g/mol. The molecule has 0 aliphatic carbocycles. The normalized spacial score (nSPS) is 10.8. The van der Waals surface area contributed by atoms with Gasteiger partial charge in [-0.3, -0.25) is 0 Å². The summed E-state index contributed by atoms with van der Waals surface area (Å²) in [4.78, 5) is 11.3. The molecule has 4 nitrogen and oxygen atoms in total. The molecule has 2 rings (SSSR count). The number of hydrogen-bond acceptors (Lipinski definition) is 3. The number of aryl methyl sites for hydroxylation is 1. The Morgan fingerprint density at radius 1 is 1.58 bits per heavy atom. The number of fused-ring (bicyclic) bond motifs is 1. The number of hydrogen-bond donors (Lipinski definition) is 2. The minimum Gasteiger partial charge on any atom is -0.392 e. The Labute approximate surface area is 69.3 Å². The first-order valence-electron chi connectivity index (χ1n) is 3.71. The van der Waals surface area contributed by atoms with E-state index >= 15 is 0 Å². The molecule has 0 bridgehead atoms. The zero-order valence-corrected chi connectivity index (χ0v) is 6.70. The molecule has 12 heavy (non-hydrogen) atoms. The molecule has 0 saturated heterocycles. The first kappa shape index (κ1) is 7.24. The van der Waals surface area contributed by atoms with Crippen LogP contribution in [-0.2, 0) is 6.61 Å². The Balaban J connectivity index is 2.66. The van der Waals surface area contributed by atoms with Crippen LogP contribution in [0.3, 0.4) is 0 Å². The van der Waals surface area contributed by atoms with Crippen molar-refractivity contribution in [2.24, 2.45) is 0 Å². The van der Waals surface area contributed by atoms with Gasteiger partial charge < -0.3 is 10.1 Å². The minimum atomic E-state index is 0.0149. The van der Waals surface area contributed by atoms with E-state index < -0.39 is 0 Å². The van der Waals surface area contributed by atoms with E-state index in [0.29, 0.717) is 5.65 Å². The number of aliphatic hydroxyl groups excluding tert-OH is 1. The first-order valence-corrected chi connectivity index (χ1v) is 3.71. The molecule has 0 aliphatic heterocycles. The first-order chi connectivity index (χ1) is 5.79. The van der Waals surface area contributed by atoms with E-state index in [-0.39, 0.29) is 6.61 Å². The lowest BCUT2D eigenvalue weighted by molar-refractivity contribution is 0.281. The molecule has 0 unspecified atom stereocenters. The van der Waals surface area contributed by atoms with E-state index in [9.17, 15) is 0 Å². The summed E-state index contributed by atoms with van der Waals surface area (Å²) in [6, 6.07) is 1.85. The highest BCUT2D eigenvalue weighted by Gasteiger charge is 2.00. The average molecular weight is 163 g/mol. The van der Waals surface area contributed by atoms with Crippen molar-refractivity contribution in [1.82, 2.24) is 15.0 Å². The molecule has 2 aromatic heterocycles. The van der Waals surface area contributed by atoms with Crippen LogP contribution in [0.25, 0.3) is 11.2 Å². The third kappa shape index (κ3) is 1.06. The number of imidazole rings is 1. The highest BCUT2D eigenvalue weighted by atomic mass is 16.3. The predicted molar refractivity (Wildman–Crippen MR) is 44.5 cm³/mol. The summed E-state index contributed by atoms with van der Waals surface area (Å²) >= 11 is 0. The molecule has 2 heterocycles. The lowest BCUT2D eigenvalue weighted by Gasteiger charge is -1.92. The van der Waals surface area contributed by atoms with Crippen LogP contribution in [0, 0.1) is 6.92 Å². The second kappa shape index (κ2) is 2.57. The van der Waals surface area contributed by atoms with Crippen LogP contribution in [0.2, 0.25) is 0 Å². The van der Waals surface area contributed by atoms with Crippen LogP contribution in [0.5, 0.6) is 0 Å². The molecule has 62 valence electrons. The molecule has 2 aromatic rings.